The largest absolute Gasteiger partial charge is 0.416 e. The van der Waals surface area contributed by atoms with Gasteiger partial charge in [0.1, 0.15) is 0 Å². The summed E-state index contributed by atoms with van der Waals surface area (Å²) in [4.78, 5) is 25.7. The van der Waals surface area contributed by atoms with Crippen molar-refractivity contribution in [1.29, 1.82) is 0 Å². The summed E-state index contributed by atoms with van der Waals surface area (Å²) in [5.41, 5.74) is 0.915. The van der Waals surface area contributed by atoms with Gasteiger partial charge in [0.25, 0.3) is 0 Å². The second kappa shape index (κ2) is 9.34. The number of rotatable bonds is 4. The Hall–Kier alpha value is -2.48. The number of amides is 1. The summed E-state index contributed by atoms with van der Waals surface area (Å²) in [7, 11) is 0. The molecule has 1 atom stereocenters. The van der Waals surface area contributed by atoms with Crippen LogP contribution >= 0.6 is 0 Å². The van der Waals surface area contributed by atoms with Crippen molar-refractivity contribution in [2.24, 2.45) is 0 Å². The summed E-state index contributed by atoms with van der Waals surface area (Å²) in [5, 5.41) is 0. The molecule has 166 valence electrons. The molecule has 0 N–H and O–H groups in total. The zero-order chi connectivity index (χ0) is 21.8. The van der Waals surface area contributed by atoms with E-state index >= 15 is 0 Å². The van der Waals surface area contributed by atoms with Crippen LogP contribution in [0.15, 0.2) is 36.7 Å². The normalized spacial score (nSPS) is 20.6. The summed E-state index contributed by atoms with van der Waals surface area (Å²) in [5.74, 6) is 0.193. The van der Waals surface area contributed by atoms with Crippen molar-refractivity contribution in [3.63, 3.8) is 0 Å². The average Bonchev–Trinajstić information content (AvgIpc) is 2.79. The maximum Gasteiger partial charge on any atom is 0.416 e. The molecule has 1 aromatic carbocycles. The lowest BCUT2D eigenvalue weighted by molar-refractivity contribution is -0.137. The minimum atomic E-state index is -4.41. The third kappa shape index (κ3) is 5.23. The molecule has 31 heavy (non-hydrogen) atoms. The topological polar surface area (TPSA) is 49.3 Å². The fraction of sp³-hybridized carbons (Fsp3) is 0.522. The first kappa shape index (κ1) is 21.7. The first-order valence-electron chi connectivity index (χ1n) is 10.9. The standard InChI is InChI=1S/C23H27F3N4O/c24-23(25,26)19-8-4-6-17(14-19)21-22(28-10-9-27-21)18-7-5-11-29(15-18)16-20(31)30-12-2-1-3-13-30/h4,6,8-10,14,18H,1-3,5,7,11-13,15-16H2/t18-/m1/s1. The Morgan fingerprint density at radius 1 is 1.03 bits per heavy atom. The van der Waals surface area contributed by atoms with Crippen molar-refractivity contribution in [3.05, 3.63) is 47.9 Å². The summed E-state index contributed by atoms with van der Waals surface area (Å²) >= 11 is 0. The van der Waals surface area contributed by atoms with Crippen LogP contribution in [0.25, 0.3) is 11.3 Å². The first-order chi connectivity index (χ1) is 14.9. The number of likely N-dealkylation sites (tertiary alicyclic amines) is 2. The predicted octanol–water partition coefficient (Wildman–Crippen LogP) is 4.35. The molecule has 0 bridgehead atoms. The maximum atomic E-state index is 13.2. The molecule has 0 spiro atoms. The van der Waals surface area contributed by atoms with Gasteiger partial charge in [0.15, 0.2) is 0 Å². The number of nitrogens with zero attached hydrogens (tertiary/aromatic N) is 4. The van der Waals surface area contributed by atoms with E-state index in [9.17, 15) is 18.0 Å². The third-order valence-corrected chi connectivity index (χ3v) is 6.15. The molecule has 2 fully saturated rings. The highest BCUT2D eigenvalue weighted by Crippen LogP contribution is 2.35. The van der Waals surface area contributed by atoms with Crippen LogP contribution < -0.4 is 0 Å². The van der Waals surface area contributed by atoms with Crippen LogP contribution in [-0.2, 0) is 11.0 Å². The van der Waals surface area contributed by atoms with E-state index in [0.29, 0.717) is 30.0 Å². The lowest BCUT2D eigenvalue weighted by Gasteiger charge is -2.35. The van der Waals surface area contributed by atoms with Crippen molar-refractivity contribution in [2.75, 3.05) is 32.7 Å². The molecule has 0 aliphatic carbocycles. The predicted molar refractivity (Wildman–Crippen MR) is 111 cm³/mol. The van der Waals surface area contributed by atoms with Gasteiger partial charge in [0.2, 0.25) is 5.91 Å². The molecule has 2 saturated heterocycles. The van der Waals surface area contributed by atoms with Crippen LogP contribution in [0.1, 0.15) is 49.3 Å². The lowest BCUT2D eigenvalue weighted by Crippen LogP contribution is -2.45. The van der Waals surface area contributed by atoms with Gasteiger partial charge >= 0.3 is 6.18 Å². The Morgan fingerprint density at radius 2 is 1.81 bits per heavy atom. The minimum Gasteiger partial charge on any atom is -0.342 e. The molecule has 5 nitrogen and oxygen atoms in total. The molecule has 0 radical (unpaired) electrons. The van der Waals surface area contributed by atoms with E-state index in [1.807, 2.05) is 4.90 Å². The van der Waals surface area contributed by atoms with Crippen molar-refractivity contribution in [3.8, 4) is 11.3 Å². The SMILES string of the molecule is O=C(CN1CCC[C@@H](c2nccnc2-c2cccc(C(F)(F)F)c2)C1)N1CCCCC1. The van der Waals surface area contributed by atoms with Gasteiger partial charge in [-0.3, -0.25) is 19.7 Å². The number of alkyl halides is 3. The Balaban J connectivity index is 1.52. The summed E-state index contributed by atoms with van der Waals surface area (Å²) in [6.07, 6.45) is 3.79. The molecule has 2 aromatic rings. The van der Waals surface area contributed by atoms with Gasteiger partial charge in [-0.05, 0) is 50.8 Å². The van der Waals surface area contributed by atoms with Crippen LogP contribution in [0.5, 0.6) is 0 Å². The van der Waals surface area contributed by atoms with Crippen LogP contribution in [0.3, 0.4) is 0 Å². The van der Waals surface area contributed by atoms with Gasteiger partial charge in [-0.25, -0.2) is 0 Å². The van der Waals surface area contributed by atoms with E-state index in [2.05, 4.69) is 14.9 Å². The first-order valence-corrected chi connectivity index (χ1v) is 10.9. The lowest BCUT2D eigenvalue weighted by atomic mass is 9.91. The third-order valence-electron chi connectivity index (χ3n) is 6.15. The zero-order valence-electron chi connectivity index (χ0n) is 17.4. The van der Waals surface area contributed by atoms with Gasteiger partial charge in [-0.15, -0.1) is 0 Å². The quantitative estimate of drug-likeness (QED) is 0.721. The van der Waals surface area contributed by atoms with E-state index in [1.54, 1.807) is 12.3 Å². The molecule has 3 heterocycles. The molecule has 8 heteroatoms. The second-order valence-electron chi connectivity index (χ2n) is 8.38. The number of aromatic nitrogens is 2. The molecule has 4 rings (SSSR count). The summed E-state index contributed by atoms with van der Waals surface area (Å²) in [6.45, 7) is 3.55. The fourth-order valence-corrected chi connectivity index (χ4v) is 4.57. The number of halogens is 3. The molecule has 2 aliphatic heterocycles. The number of carbonyl (C=O) groups excluding carboxylic acids is 1. The Bertz CT molecular complexity index is 912. The van der Waals surface area contributed by atoms with Crippen LogP contribution in [0, 0.1) is 0 Å². The van der Waals surface area contributed by atoms with Gasteiger partial charge in [0, 0.05) is 43.5 Å². The highest BCUT2D eigenvalue weighted by molar-refractivity contribution is 5.78. The number of piperidine rings is 2. The maximum absolute atomic E-state index is 13.2. The number of hydrogen-bond donors (Lipinski definition) is 0. The van der Waals surface area contributed by atoms with E-state index in [4.69, 9.17) is 0 Å². The average molecular weight is 432 g/mol. The number of carbonyl (C=O) groups is 1. The Labute approximate surface area is 180 Å². The van der Waals surface area contributed by atoms with Crippen molar-refractivity contribution >= 4 is 5.91 Å². The van der Waals surface area contributed by atoms with E-state index in [0.717, 1.165) is 57.5 Å². The summed E-state index contributed by atoms with van der Waals surface area (Å²) in [6, 6.07) is 5.24. The highest BCUT2D eigenvalue weighted by Gasteiger charge is 2.32. The summed E-state index contributed by atoms with van der Waals surface area (Å²) < 4.78 is 39.6. The van der Waals surface area contributed by atoms with Gasteiger partial charge < -0.3 is 4.90 Å². The van der Waals surface area contributed by atoms with E-state index in [1.165, 1.54) is 18.7 Å². The highest BCUT2D eigenvalue weighted by atomic mass is 19.4. The fourth-order valence-electron chi connectivity index (χ4n) is 4.57. The molecule has 0 saturated carbocycles. The number of benzene rings is 1. The van der Waals surface area contributed by atoms with Crippen LogP contribution in [-0.4, -0.2) is 58.4 Å². The monoisotopic (exact) mass is 432 g/mol. The van der Waals surface area contributed by atoms with Gasteiger partial charge in [-0.1, -0.05) is 12.1 Å². The Kier molecular flexibility index (Phi) is 6.55. The van der Waals surface area contributed by atoms with E-state index in [-0.39, 0.29) is 11.8 Å². The Morgan fingerprint density at radius 3 is 2.58 bits per heavy atom. The molecule has 1 aromatic heterocycles. The molecular weight excluding hydrogens is 405 g/mol. The smallest absolute Gasteiger partial charge is 0.342 e. The van der Waals surface area contributed by atoms with Crippen molar-refractivity contribution < 1.29 is 18.0 Å². The molecule has 1 amide bonds. The number of hydrogen-bond acceptors (Lipinski definition) is 4. The van der Waals surface area contributed by atoms with Crippen LogP contribution in [0.4, 0.5) is 13.2 Å². The van der Waals surface area contributed by atoms with Crippen molar-refractivity contribution in [2.45, 2.75) is 44.2 Å². The molecule has 0 unspecified atom stereocenters. The van der Waals surface area contributed by atoms with Crippen molar-refractivity contribution in [1.82, 2.24) is 19.8 Å². The van der Waals surface area contributed by atoms with Crippen LogP contribution in [0.2, 0.25) is 0 Å². The van der Waals surface area contributed by atoms with Gasteiger partial charge in [0.05, 0.1) is 23.5 Å². The second-order valence-corrected chi connectivity index (χ2v) is 8.38. The minimum absolute atomic E-state index is 0.0288. The van der Waals surface area contributed by atoms with E-state index < -0.39 is 11.7 Å². The molecular formula is C23H27F3N4O. The van der Waals surface area contributed by atoms with Gasteiger partial charge in [-0.2, -0.15) is 13.2 Å². The molecule has 2 aliphatic rings. The zero-order valence-corrected chi connectivity index (χ0v) is 17.4.